The Morgan fingerprint density at radius 1 is 0.909 bits per heavy atom. The molecule has 1 unspecified atom stereocenters. The maximum Gasteiger partial charge on any atom is 0.433 e. The number of amides is 1. The van der Waals surface area contributed by atoms with Gasteiger partial charge in [-0.3, -0.25) is 9.69 Å². The lowest BCUT2D eigenvalue weighted by molar-refractivity contribution is -0.141. The van der Waals surface area contributed by atoms with Crippen molar-refractivity contribution in [2.24, 2.45) is 0 Å². The number of aromatic nitrogens is 1. The van der Waals surface area contributed by atoms with Gasteiger partial charge in [0.15, 0.2) is 0 Å². The maximum atomic E-state index is 13.9. The van der Waals surface area contributed by atoms with Crippen molar-refractivity contribution in [3.05, 3.63) is 107 Å². The van der Waals surface area contributed by atoms with Gasteiger partial charge in [0.05, 0.1) is 6.04 Å². The van der Waals surface area contributed by atoms with Gasteiger partial charge >= 0.3 is 6.18 Å². The summed E-state index contributed by atoms with van der Waals surface area (Å²) in [5, 5.41) is 0. The van der Waals surface area contributed by atoms with E-state index in [1.54, 1.807) is 61.2 Å². The molecule has 1 aromatic heterocycles. The van der Waals surface area contributed by atoms with Gasteiger partial charge in [0.2, 0.25) is 0 Å². The lowest BCUT2D eigenvalue weighted by atomic mass is 9.81. The van der Waals surface area contributed by atoms with Gasteiger partial charge in [-0.1, -0.05) is 50.2 Å². The fraction of sp³-hybridized carbons (Fsp3) is 0.231. The number of benzene rings is 2. The minimum Gasteiger partial charge on any atom is -0.298 e. The topological polar surface area (TPSA) is 33.2 Å². The summed E-state index contributed by atoms with van der Waals surface area (Å²) in [5.41, 5.74) is 0.129. The van der Waals surface area contributed by atoms with Crippen molar-refractivity contribution in [1.82, 2.24) is 4.98 Å². The van der Waals surface area contributed by atoms with Crippen LogP contribution in [0.2, 0.25) is 0 Å². The number of pyridine rings is 1. The normalized spacial score (nSPS) is 16.8. The first-order valence-electron chi connectivity index (χ1n) is 10.5. The Kier molecular flexibility index (Phi) is 5.82. The molecule has 1 aliphatic rings. The molecule has 1 aliphatic heterocycles. The largest absolute Gasteiger partial charge is 0.433 e. The fourth-order valence-electron chi connectivity index (χ4n) is 4.09. The summed E-state index contributed by atoms with van der Waals surface area (Å²) in [6.45, 7) is 3.51. The summed E-state index contributed by atoms with van der Waals surface area (Å²) in [4.78, 5) is 18.9. The lowest BCUT2D eigenvalue weighted by Crippen LogP contribution is -2.31. The van der Waals surface area contributed by atoms with E-state index in [1.807, 2.05) is 6.07 Å². The number of anilines is 1. The number of carbonyl (C=O) groups excluding carboxylic acids is 1. The predicted molar refractivity (Wildman–Crippen MR) is 118 cm³/mol. The number of carbonyl (C=O) groups is 1. The molecule has 0 N–H and O–H groups in total. The van der Waals surface area contributed by atoms with Crippen LogP contribution >= 0.6 is 0 Å². The van der Waals surface area contributed by atoms with Crippen LogP contribution < -0.4 is 4.90 Å². The molecule has 0 spiro atoms. The Hall–Kier alpha value is -3.48. The number of para-hydroxylation sites is 1. The van der Waals surface area contributed by atoms with Crippen LogP contribution in [-0.2, 0) is 16.4 Å². The van der Waals surface area contributed by atoms with Crippen LogP contribution in [-0.4, -0.2) is 10.9 Å². The molecule has 7 heteroatoms. The van der Waals surface area contributed by atoms with E-state index in [4.69, 9.17) is 0 Å². The highest BCUT2D eigenvalue weighted by Gasteiger charge is 2.39. The molecular formula is C26H22F4N2O. The fourth-order valence-corrected chi connectivity index (χ4v) is 4.09. The predicted octanol–water partition coefficient (Wildman–Crippen LogP) is 6.62. The zero-order valence-electron chi connectivity index (χ0n) is 18.1. The molecule has 0 saturated carbocycles. The molecule has 0 aliphatic carbocycles. The van der Waals surface area contributed by atoms with Crippen molar-refractivity contribution in [1.29, 1.82) is 0 Å². The zero-order valence-corrected chi connectivity index (χ0v) is 18.1. The summed E-state index contributed by atoms with van der Waals surface area (Å²) < 4.78 is 53.5. The monoisotopic (exact) mass is 454 g/mol. The second-order valence-electron chi connectivity index (χ2n) is 8.67. The van der Waals surface area contributed by atoms with Crippen molar-refractivity contribution < 1.29 is 22.4 Å². The van der Waals surface area contributed by atoms with E-state index < -0.39 is 29.1 Å². The summed E-state index contributed by atoms with van der Waals surface area (Å²) in [5.74, 6) is -0.682. The second kappa shape index (κ2) is 8.46. The Morgan fingerprint density at radius 3 is 2.24 bits per heavy atom. The van der Waals surface area contributed by atoms with E-state index >= 15 is 0 Å². The SMILES string of the molecule is CC(C)(CC1=CC(c2cccc(F)c2)N(c2ccccc2)C1=O)c1cccc(C(F)(F)F)n1. The number of halogens is 4. The Labute approximate surface area is 189 Å². The summed E-state index contributed by atoms with van der Waals surface area (Å²) in [7, 11) is 0. The third-order valence-corrected chi connectivity index (χ3v) is 5.72. The van der Waals surface area contributed by atoms with Crippen LogP contribution in [0.4, 0.5) is 23.2 Å². The molecule has 2 heterocycles. The van der Waals surface area contributed by atoms with Gasteiger partial charge in [0.25, 0.3) is 5.91 Å². The highest BCUT2D eigenvalue weighted by atomic mass is 19.4. The molecule has 33 heavy (non-hydrogen) atoms. The van der Waals surface area contributed by atoms with Crippen molar-refractivity contribution >= 4 is 11.6 Å². The van der Waals surface area contributed by atoms with Crippen LogP contribution in [0.3, 0.4) is 0 Å². The van der Waals surface area contributed by atoms with Crippen LogP contribution in [0.1, 0.15) is 43.3 Å². The second-order valence-corrected chi connectivity index (χ2v) is 8.67. The van der Waals surface area contributed by atoms with Gasteiger partial charge in [0.1, 0.15) is 11.5 Å². The maximum absolute atomic E-state index is 13.9. The highest BCUT2D eigenvalue weighted by Crippen LogP contribution is 2.40. The Morgan fingerprint density at radius 2 is 1.58 bits per heavy atom. The Balaban J connectivity index is 1.71. The van der Waals surface area contributed by atoms with Gasteiger partial charge in [-0.05, 0) is 54.5 Å². The molecule has 3 aromatic rings. The van der Waals surface area contributed by atoms with Crippen LogP contribution in [0.5, 0.6) is 0 Å². The van der Waals surface area contributed by atoms with Crippen molar-refractivity contribution in [3.63, 3.8) is 0 Å². The first kappa shape index (κ1) is 22.7. The molecule has 3 nitrogen and oxygen atoms in total. The highest BCUT2D eigenvalue weighted by molar-refractivity contribution is 6.09. The summed E-state index contributed by atoms with van der Waals surface area (Å²) >= 11 is 0. The smallest absolute Gasteiger partial charge is 0.298 e. The first-order valence-corrected chi connectivity index (χ1v) is 10.5. The van der Waals surface area contributed by atoms with E-state index in [1.165, 1.54) is 24.3 Å². The minimum absolute atomic E-state index is 0.176. The molecule has 1 atom stereocenters. The van der Waals surface area contributed by atoms with Gasteiger partial charge in [-0.25, -0.2) is 9.37 Å². The molecule has 0 fully saturated rings. The number of alkyl halides is 3. The molecule has 1 amide bonds. The molecule has 2 aromatic carbocycles. The van der Waals surface area contributed by atoms with Crippen molar-refractivity contribution in [2.45, 2.75) is 37.9 Å². The van der Waals surface area contributed by atoms with E-state index in [2.05, 4.69) is 4.98 Å². The van der Waals surface area contributed by atoms with Gasteiger partial charge in [-0.15, -0.1) is 0 Å². The summed E-state index contributed by atoms with van der Waals surface area (Å²) in [6, 6.07) is 18.3. The lowest BCUT2D eigenvalue weighted by Gasteiger charge is -2.27. The first-order chi connectivity index (χ1) is 15.6. The van der Waals surface area contributed by atoms with E-state index in [9.17, 15) is 22.4 Å². The number of hydrogen-bond donors (Lipinski definition) is 0. The standard InChI is InChI=1S/C26H22F4N2O/c1-25(2,22-12-7-13-23(31-22)26(28,29)30)16-18-15-21(17-8-6-9-19(27)14-17)32(24(18)33)20-10-4-3-5-11-20/h3-15,21H,16H2,1-2H3. The van der Waals surface area contributed by atoms with Gasteiger partial charge < -0.3 is 0 Å². The average Bonchev–Trinajstić information content (AvgIpc) is 3.09. The molecule has 0 saturated heterocycles. The van der Waals surface area contributed by atoms with Crippen molar-refractivity contribution in [3.8, 4) is 0 Å². The summed E-state index contributed by atoms with van der Waals surface area (Å²) in [6.07, 6.45) is -2.62. The number of hydrogen-bond acceptors (Lipinski definition) is 2. The molecule has 4 rings (SSSR count). The average molecular weight is 454 g/mol. The third kappa shape index (κ3) is 4.67. The van der Waals surface area contributed by atoms with Crippen molar-refractivity contribution in [2.75, 3.05) is 4.90 Å². The van der Waals surface area contributed by atoms with Gasteiger partial charge in [-0.2, -0.15) is 13.2 Å². The molecule has 0 radical (unpaired) electrons. The quantitative estimate of drug-likeness (QED) is 0.406. The van der Waals surface area contributed by atoms with E-state index in [0.29, 0.717) is 16.8 Å². The minimum atomic E-state index is -4.55. The Bertz CT molecular complexity index is 1200. The van der Waals surface area contributed by atoms with Crippen LogP contribution in [0, 0.1) is 5.82 Å². The molecule has 170 valence electrons. The van der Waals surface area contributed by atoms with E-state index in [-0.39, 0.29) is 18.0 Å². The number of rotatable bonds is 5. The zero-order chi connectivity index (χ0) is 23.8. The third-order valence-electron chi connectivity index (χ3n) is 5.72. The van der Waals surface area contributed by atoms with Crippen LogP contribution in [0.25, 0.3) is 0 Å². The molecular weight excluding hydrogens is 432 g/mol. The van der Waals surface area contributed by atoms with E-state index in [0.717, 1.165) is 6.07 Å². The molecule has 0 bridgehead atoms. The van der Waals surface area contributed by atoms with Crippen LogP contribution in [0.15, 0.2) is 84.4 Å². The van der Waals surface area contributed by atoms with Gasteiger partial charge in [0, 0.05) is 22.4 Å². The number of nitrogens with zero attached hydrogens (tertiary/aromatic N) is 2.